The predicted molar refractivity (Wildman–Crippen MR) is 65.5 cm³/mol. The molecule has 1 heterocycles. The number of benzene rings is 1. The summed E-state index contributed by atoms with van der Waals surface area (Å²) in [5.41, 5.74) is 0.911. The van der Waals surface area contributed by atoms with Gasteiger partial charge in [0.05, 0.1) is 0 Å². The predicted octanol–water partition coefficient (Wildman–Crippen LogP) is 1.28. The van der Waals surface area contributed by atoms with Crippen LogP contribution >= 0.6 is 0 Å². The maximum absolute atomic E-state index is 11.7. The highest BCUT2D eigenvalue weighted by Gasteiger charge is 2.27. The summed E-state index contributed by atoms with van der Waals surface area (Å²) in [6.45, 7) is 0.872. The van der Waals surface area contributed by atoms with E-state index in [0.717, 1.165) is 5.56 Å². The molecule has 5 nitrogen and oxygen atoms in total. The van der Waals surface area contributed by atoms with Crippen LogP contribution in [0.5, 0.6) is 0 Å². The Balaban J connectivity index is 1.81. The summed E-state index contributed by atoms with van der Waals surface area (Å²) < 4.78 is 26.7. The lowest BCUT2D eigenvalue weighted by Crippen LogP contribution is -2.31. The average Bonchev–Trinajstić information content (AvgIpc) is 2.87. The van der Waals surface area contributed by atoms with Crippen molar-refractivity contribution in [3.8, 4) is 0 Å². The standard InChI is InChI=1S/C12H15NO4S/c14-12(13-7-6-11(8-13)18(15)16)17-9-10-4-2-1-3-5-10/h1-5,11H,6-9H2,(H,15,16)/p-1/t11-/m1/s1. The van der Waals surface area contributed by atoms with E-state index in [1.807, 2.05) is 30.3 Å². The van der Waals surface area contributed by atoms with Crippen molar-refractivity contribution in [3.63, 3.8) is 0 Å². The third-order valence-corrected chi connectivity index (χ3v) is 3.81. The molecule has 1 aliphatic rings. The number of carbonyl (C=O) groups is 1. The summed E-state index contributed by atoms with van der Waals surface area (Å²) in [4.78, 5) is 13.1. The van der Waals surface area contributed by atoms with Gasteiger partial charge in [-0.25, -0.2) is 4.79 Å². The fourth-order valence-electron chi connectivity index (χ4n) is 1.86. The molecule has 0 aliphatic carbocycles. The number of rotatable bonds is 3. The van der Waals surface area contributed by atoms with Crippen molar-refractivity contribution in [2.24, 2.45) is 0 Å². The van der Waals surface area contributed by atoms with E-state index >= 15 is 0 Å². The molecular formula is C12H14NO4S-. The van der Waals surface area contributed by atoms with Gasteiger partial charge in [-0.2, -0.15) is 0 Å². The quantitative estimate of drug-likeness (QED) is 0.774. The van der Waals surface area contributed by atoms with Gasteiger partial charge < -0.3 is 14.2 Å². The van der Waals surface area contributed by atoms with Gasteiger partial charge in [-0.05, 0) is 12.0 Å². The van der Waals surface area contributed by atoms with Crippen LogP contribution in [0.25, 0.3) is 0 Å². The van der Waals surface area contributed by atoms with E-state index in [9.17, 15) is 13.6 Å². The molecular weight excluding hydrogens is 254 g/mol. The molecule has 0 radical (unpaired) electrons. The number of likely N-dealkylation sites (tertiary alicyclic amines) is 1. The molecule has 1 fully saturated rings. The molecule has 2 rings (SSSR count). The van der Waals surface area contributed by atoms with Gasteiger partial charge >= 0.3 is 6.09 Å². The molecule has 1 saturated heterocycles. The molecule has 1 aromatic rings. The smallest absolute Gasteiger partial charge is 0.410 e. The Kier molecular flexibility index (Phi) is 4.33. The Morgan fingerprint density at radius 2 is 2.17 bits per heavy atom. The van der Waals surface area contributed by atoms with Crippen molar-refractivity contribution < 1.29 is 18.3 Å². The van der Waals surface area contributed by atoms with Crippen molar-refractivity contribution in [2.45, 2.75) is 18.3 Å². The molecule has 2 atom stereocenters. The van der Waals surface area contributed by atoms with Gasteiger partial charge in [-0.1, -0.05) is 41.4 Å². The lowest BCUT2D eigenvalue weighted by atomic mass is 10.2. The summed E-state index contributed by atoms with van der Waals surface area (Å²) in [7, 11) is 0. The van der Waals surface area contributed by atoms with E-state index in [2.05, 4.69) is 0 Å². The third kappa shape index (κ3) is 3.30. The minimum absolute atomic E-state index is 0.210. The number of amides is 1. The van der Waals surface area contributed by atoms with Crippen LogP contribution in [0.15, 0.2) is 30.3 Å². The van der Waals surface area contributed by atoms with E-state index in [1.54, 1.807) is 0 Å². The molecule has 0 N–H and O–H groups in total. The van der Waals surface area contributed by atoms with Crippen molar-refractivity contribution >= 4 is 17.2 Å². The molecule has 18 heavy (non-hydrogen) atoms. The van der Waals surface area contributed by atoms with Crippen molar-refractivity contribution in [3.05, 3.63) is 35.9 Å². The fourth-order valence-corrected chi connectivity index (χ4v) is 2.46. The second kappa shape index (κ2) is 5.97. The average molecular weight is 268 g/mol. The highest BCUT2D eigenvalue weighted by atomic mass is 32.2. The molecule has 98 valence electrons. The Morgan fingerprint density at radius 1 is 1.44 bits per heavy atom. The van der Waals surface area contributed by atoms with Crippen LogP contribution in [-0.4, -0.2) is 38.1 Å². The molecule has 1 aliphatic heterocycles. The minimum Gasteiger partial charge on any atom is -0.772 e. The second-order valence-corrected chi connectivity index (χ2v) is 5.35. The molecule has 1 unspecified atom stereocenters. The molecule has 6 heteroatoms. The molecule has 0 saturated carbocycles. The normalized spacial score (nSPS) is 20.7. The maximum atomic E-state index is 11.7. The van der Waals surface area contributed by atoms with Crippen LogP contribution in [-0.2, 0) is 22.4 Å². The fraction of sp³-hybridized carbons (Fsp3) is 0.417. The summed E-state index contributed by atoms with van der Waals surface area (Å²) in [6.07, 6.45) is 0.0307. The number of hydrogen-bond acceptors (Lipinski definition) is 4. The van der Waals surface area contributed by atoms with Crippen LogP contribution in [0.3, 0.4) is 0 Å². The Hall–Kier alpha value is -1.40. The van der Waals surface area contributed by atoms with E-state index < -0.39 is 22.4 Å². The van der Waals surface area contributed by atoms with Crippen LogP contribution in [0.2, 0.25) is 0 Å². The number of hydrogen-bond donors (Lipinski definition) is 0. The first-order valence-electron chi connectivity index (χ1n) is 5.70. The highest BCUT2D eigenvalue weighted by molar-refractivity contribution is 7.79. The maximum Gasteiger partial charge on any atom is 0.410 e. The third-order valence-electron chi connectivity index (χ3n) is 2.88. The first-order valence-corrected chi connectivity index (χ1v) is 6.84. The number of nitrogens with zero attached hydrogens (tertiary/aromatic N) is 1. The topological polar surface area (TPSA) is 69.7 Å². The van der Waals surface area contributed by atoms with Gasteiger partial charge in [0.25, 0.3) is 0 Å². The number of ether oxygens (including phenoxy) is 1. The molecule has 1 aromatic carbocycles. The van der Waals surface area contributed by atoms with Gasteiger partial charge in [-0.3, -0.25) is 4.21 Å². The van der Waals surface area contributed by atoms with Crippen LogP contribution in [0, 0.1) is 0 Å². The largest absolute Gasteiger partial charge is 0.772 e. The molecule has 0 aromatic heterocycles. The van der Waals surface area contributed by atoms with Crippen molar-refractivity contribution in [1.29, 1.82) is 0 Å². The number of carbonyl (C=O) groups excluding carboxylic acids is 1. The van der Waals surface area contributed by atoms with Crippen LogP contribution in [0.4, 0.5) is 4.79 Å². The molecule has 0 spiro atoms. The van der Waals surface area contributed by atoms with Gasteiger partial charge in [0.15, 0.2) is 0 Å². The van der Waals surface area contributed by atoms with Crippen LogP contribution in [0.1, 0.15) is 12.0 Å². The van der Waals surface area contributed by atoms with Gasteiger partial charge in [0, 0.05) is 18.3 Å². The Labute approximate surface area is 108 Å². The van der Waals surface area contributed by atoms with E-state index in [-0.39, 0.29) is 13.2 Å². The first-order chi connectivity index (χ1) is 8.66. The lowest BCUT2D eigenvalue weighted by Gasteiger charge is -2.17. The Morgan fingerprint density at radius 3 is 2.78 bits per heavy atom. The van der Waals surface area contributed by atoms with E-state index in [4.69, 9.17) is 4.74 Å². The van der Waals surface area contributed by atoms with Crippen molar-refractivity contribution in [1.82, 2.24) is 4.90 Å². The van der Waals surface area contributed by atoms with Gasteiger partial charge in [0.2, 0.25) is 0 Å². The summed E-state index contributed by atoms with van der Waals surface area (Å²) >= 11 is -2.12. The zero-order valence-electron chi connectivity index (χ0n) is 9.78. The molecule has 0 bridgehead atoms. The SMILES string of the molecule is O=C(OCc1ccccc1)N1CC[C@@H](S(=O)[O-])C1. The highest BCUT2D eigenvalue weighted by Crippen LogP contribution is 2.15. The zero-order chi connectivity index (χ0) is 13.0. The second-order valence-electron chi connectivity index (χ2n) is 4.16. The first kappa shape index (κ1) is 13.0. The van der Waals surface area contributed by atoms with Crippen LogP contribution < -0.4 is 0 Å². The minimum atomic E-state index is -2.12. The van der Waals surface area contributed by atoms with E-state index in [1.165, 1.54) is 4.90 Å². The Bertz CT molecular complexity index is 437. The zero-order valence-corrected chi connectivity index (χ0v) is 10.6. The molecule has 1 amide bonds. The summed E-state index contributed by atoms with van der Waals surface area (Å²) in [5.74, 6) is 0. The summed E-state index contributed by atoms with van der Waals surface area (Å²) in [6, 6.07) is 9.37. The van der Waals surface area contributed by atoms with Gasteiger partial charge in [-0.15, -0.1) is 0 Å². The van der Waals surface area contributed by atoms with E-state index in [0.29, 0.717) is 13.0 Å². The summed E-state index contributed by atoms with van der Waals surface area (Å²) in [5, 5.41) is -0.464. The van der Waals surface area contributed by atoms with Gasteiger partial charge in [0.1, 0.15) is 6.61 Å². The lowest BCUT2D eigenvalue weighted by molar-refractivity contribution is 0.104. The van der Waals surface area contributed by atoms with Crippen molar-refractivity contribution in [2.75, 3.05) is 13.1 Å². The monoisotopic (exact) mass is 268 g/mol.